The van der Waals surface area contributed by atoms with Crippen LogP contribution >= 0.6 is 11.9 Å². The van der Waals surface area contributed by atoms with Crippen molar-refractivity contribution in [3.8, 4) is 0 Å². The summed E-state index contributed by atoms with van der Waals surface area (Å²) >= 11 is 1.36. The third-order valence-corrected chi connectivity index (χ3v) is 3.85. The number of carbonyl (C=O) groups excluding carboxylic acids is 1. The lowest BCUT2D eigenvalue weighted by atomic mass is 10.2. The third kappa shape index (κ3) is 3.59. The molecule has 22 heavy (non-hydrogen) atoms. The van der Waals surface area contributed by atoms with Gasteiger partial charge in [-0.05, 0) is 36.1 Å². The molecule has 6 heteroatoms. The van der Waals surface area contributed by atoms with E-state index in [0.29, 0.717) is 11.4 Å². The minimum Gasteiger partial charge on any atom is -0.354 e. The van der Waals surface area contributed by atoms with Crippen LogP contribution in [0.4, 0.5) is 10.6 Å². The minimum atomic E-state index is -0.308. The van der Waals surface area contributed by atoms with Gasteiger partial charge < -0.3 is 4.52 Å². The number of nitrogens with one attached hydrogen (secondary N) is 2. The maximum Gasteiger partial charge on any atom is 0.330 e. The first-order chi connectivity index (χ1) is 10.8. The molecule has 0 atom stereocenters. The number of amides is 2. The Kier molecular flexibility index (Phi) is 4.60. The van der Waals surface area contributed by atoms with Crippen molar-refractivity contribution in [2.75, 3.05) is 11.1 Å². The zero-order valence-corrected chi connectivity index (χ0v) is 12.6. The Morgan fingerprint density at radius 3 is 2.73 bits per heavy atom. The molecule has 3 aromatic rings. The lowest BCUT2D eigenvalue weighted by molar-refractivity contribution is 0.257. The highest BCUT2D eigenvalue weighted by molar-refractivity contribution is 7.97. The lowest BCUT2D eigenvalue weighted by Gasteiger charge is -2.05. The molecule has 5 nitrogen and oxygen atoms in total. The molecule has 0 saturated carbocycles. The fourth-order valence-electron chi connectivity index (χ4n) is 2.04. The second-order valence-corrected chi connectivity index (χ2v) is 5.57. The molecule has 0 spiro atoms. The number of nitrogens with zero attached hydrogens (tertiary/aromatic N) is 1. The highest BCUT2D eigenvalue weighted by Gasteiger charge is 2.10. The summed E-state index contributed by atoms with van der Waals surface area (Å²) in [6.07, 6.45) is 0.901. The molecule has 0 fully saturated rings. The van der Waals surface area contributed by atoms with E-state index in [0.717, 1.165) is 17.6 Å². The topological polar surface area (TPSA) is 67.2 Å². The van der Waals surface area contributed by atoms with E-state index < -0.39 is 0 Å². The second-order valence-electron chi connectivity index (χ2n) is 4.67. The predicted molar refractivity (Wildman–Crippen MR) is 88.8 cm³/mol. The van der Waals surface area contributed by atoms with Crippen molar-refractivity contribution in [1.29, 1.82) is 0 Å². The molecule has 1 heterocycles. The van der Waals surface area contributed by atoms with Crippen LogP contribution in [0.2, 0.25) is 0 Å². The number of rotatable bonds is 5. The van der Waals surface area contributed by atoms with E-state index in [9.17, 15) is 4.79 Å². The fourth-order valence-corrected chi connectivity index (χ4v) is 2.66. The fraction of sp³-hybridized carbons (Fsp3) is 0.125. The average Bonchev–Trinajstić information content (AvgIpc) is 2.96. The van der Waals surface area contributed by atoms with Gasteiger partial charge in [-0.25, -0.2) is 4.79 Å². The molecule has 3 rings (SSSR count). The van der Waals surface area contributed by atoms with Crippen molar-refractivity contribution >= 4 is 34.8 Å². The minimum absolute atomic E-state index is 0.308. The number of hydrogen-bond donors (Lipinski definition) is 2. The molecule has 0 aliphatic carbocycles. The molecule has 0 unspecified atom stereocenters. The van der Waals surface area contributed by atoms with Gasteiger partial charge in [0.1, 0.15) is 0 Å². The van der Waals surface area contributed by atoms with Crippen LogP contribution in [-0.2, 0) is 6.42 Å². The molecule has 0 aliphatic rings. The number of hydrogen-bond acceptors (Lipinski definition) is 4. The van der Waals surface area contributed by atoms with E-state index in [2.05, 4.69) is 27.3 Å². The van der Waals surface area contributed by atoms with Gasteiger partial charge in [0, 0.05) is 5.75 Å². The van der Waals surface area contributed by atoms with Crippen molar-refractivity contribution < 1.29 is 9.32 Å². The van der Waals surface area contributed by atoms with Crippen LogP contribution in [0.1, 0.15) is 5.56 Å². The molecule has 2 amide bonds. The van der Waals surface area contributed by atoms with E-state index in [-0.39, 0.29) is 6.03 Å². The summed E-state index contributed by atoms with van der Waals surface area (Å²) in [6, 6.07) is 17.2. The summed E-state index contributed by atoms with van der Waals surface area (Å²) in [6.45, 7) is 0. The van der Waals surface area contributed by atoms with Crippen LogP contribution in [0.15, 0.2) is 59.1 Å². The number of urea groups is 1. The Morgan fingerprint density at radius 1 is 1.09 bits per heavy atom. The molecule has 2 N–H and O–H groups in total. The first kappa shape index (κ1) is 14.5. The van der Waals surface area contributed by atoms with E-state index >= 15 is 0 Å². The molecule has 1 aromatic heterocycles. The van der Waals surface area contributed by atoms with E-state index in [4.69, 9.17) is 4.52 Å². The number of benzene rings is 2. The van der Waals surface area contributed by atoms with Crippen molar-refractivity contribution in [1.82, 2.24) is 9.88 Å². The zero-order chi connectivity index (χ0) is 15.2. The molecular weight excluding hydrogens is 298 g/mol. The van der Waals surface area contributed by atoms with Gasteiger partial charge in [0.05, 0.1) is 5.39 Å². The van der Waals surface area contributed by atoms with Gasteiger partial charge in [-0.3, -0.25) is 10.0 Å². The van der Waals surface area contributed by atoms with Crippen LogP contribution in [0.5, 0.6) is 0 Å². The van der Waals surface area contributed by atoms with Crippen LogP contribution in [0.3, 0.4) is 0 Å². The van der Waals surface area contributed by atoms with Crippen LogP contribution < -0.4 is 10.0 Å². The van der Waals surface area contributed by atoms with Crippen molar-refractivity contribution in [2.45, 2.75) is 6.42 Å². The quantitative estimate of drug-likeness (QED) is 0.555. The van der Waals surface area contributed by atoms with Gasteiger partial charge in [-0.2, -0.15) is 0 Å². The number of aryl methyl sites for hydroxylation is 1. The number of anilines is 1. The van der Waals surface area contributed by atoms with Gasteiger partial charge in [0.2, 0.25) is 0 Å². The zero-order valence-electron chi connectivity index (χ0n) is 11.8. The summed E-state index contributed by atoms with van der Waals surface area (Å²) in [5.41, 5.74) is 1.90. The van der Waals surface area contributed by atoms with Crippen molar-refractivity contribution in [3.05, 3.63) is 60.2 Å². The van der Waals surface area contributed by atoms with E-state index in [1.54, 1.807) is 6.07 Å². The smallest absolute Gasteiger partial charge is 0.330 e. The summed E-state index contributed by atoms with van der Waals surface area (Å²) in [5.74, 6) is 1.23. The maximum atomic E-state index is 11.8. The van der Waals surface area contributed by atoms with Gasteiger partial charge in [0.25, 0.3) is 0 Å². The first-order valence-corrected chi connectivity index (χ1v) is 7.88. The number of aromatic nitrogens is 1. The number of carbonyl (C=O) groups is 1. The maximum absolute atomic E-state index is 11.8. The summed E-state index contributed by atoms with van der Waals surface area (Å²) < 4.78 is 7.87. The first-order valence-electron chi connectivity index (χ1n) is 6.90. The Balaban J connectivity index is 1.47. The average molecular weight is 313 g/mol. The molecular formula is C16H15N3O2S. The summed E-state index contributed by atoms with van der Waals surface area (Å²) in [5, 5.41) is 7.33. The second kappa shape index (κ2) is 7.00. The van der Waals surface area contributed by atoms with Gasteiger partial charge in [0.15, 0.2) is 11.4 Å². The van der Waals surface area contributed by atoms with Crippen molar-refractivity contribution in [2.24, 2.45) is 0 Å². The Hall–Kier alpha value is -2.47. The van der Waals surface area contributed by atoms with Crippen LogP contribution in [0, 0.1) is 0 Å². The van der Waals surface area contributed by atoms with Gasteiger partial charge in [-0.1, -0.05) is 47.6 Å². The van der Waals surface area contributed by atoms with Gasteiger partial charge >= 0.3 is 6.03 Å². The van der Waals surface area contributed by atoms with Crippen molar-refractivity contribution in [3.63, 3.8) is 0 Å². The normalized spacial score (nSPS) is 10.5. The Morgan fingerprint density at radius 2 is 1.86 bits per heavy atom. The molecule has 2 aromatic carbocycles. The largest absolute Gasteiger partial charge is 0.354 e. The van der Waals surface area contributed by atoms with Gasteiger partial charge in [-0.15, -0.1) is 0 Å². The predicted octanol–water partition coefficient (Wildman–Crippen LogP) is 3.84. The number of fused-ring (bicyclic) bond motifs is 1. The molecule has 0 saturated heterocycles. The highest BCUT2D eigenvalue weighted by Crippen LogP contribution is 2.21. The molecule has 112 valence electrons. The molecule has 0 radical (unpaired) electrons. The monoisotopic (exact) mass is 313 g/mol. The van der Waals surface area contributed by atoms with Crippen LogP contribution in [-0.4, -0.2) is 16.9 Å². The third-order valence-electron chi connectivity index (χ3n) is 3.11. The summed E-state index contributed by atoms with van der Waals surface area (Å²) in [7, 11) is 0. The Bertz CT molecular complexity index is 758. The summed E-state index contributed by atoms with van der Waals surface area (Å²) in [4.78, 5) is 11.8. The Labute approximate surface area is 132 Å². The number of para-hydroxylation sites is 1. The standard InChI is InChI=1S/C16H15N3O2S/c20-16(19-22-11-10-12-6-2-1-3-7-12)17-15-13-8-4-5-9-14(13)21-18-15/h1-9H,10-11H2,(H2,17,18,19,20). The highest BCUT2D eigenvalue weighted by atomic mass is 32.2. The molecule has 0 bridgehead atoms. The van der Waals surface area contributed by atoms with E-state index in [1.165, 1.54) is 17.5 Å². The van der Waals surface area contributed by atoms with Crippen LogP contribution in [0.25, 0.3) is 11.0 Å². The SMILES string of the molecule is O=C(NSCCc1ccccc1)Nc1noc2ccccc12. The lowest BCUT2D eigenvalue weighted by Crippen LogP contribution is -2.23. The van der Waals surface area contributed by atoms with E-state index in [1.807, 2.05) is 36.4 Å². The molecule has 0 aliphatic heterocycles.